The van der Waals surface area contributed by atoms with Crippen LogP contribution in [0.25, 0.3) is 0 Å². The number of anilines is 1. The molecule has 15 heavy (non-hydrogen) atoms. The van der Waals surface area contributed by atoms with E-state index in [1.54, 1.807) is 6.07 Å². The maximum atomic E-state index is 11.1. The first-order chi connectivity index (χ1) is 6.99. The van der Waals surface area contributed by atoms with Gasteiger partial charge in [0.2, 0.25) is 5.91 Å². The zero-order chi connectivity index (χ0) is 11.4. The van der Waals surface area contributed by atoms with E-state index in [1.165, 1.54) is 0 Å². The van der Waals surface area contributed by atoms with Crippen LogP contribution < -0.4 is 5.32 Å². The first-order valence-corrected chi connectivity index (χ1v) is 4.58. The number of nitrogens with one attached hydrogen (secondary N) is 1. The van der Waals surface area contributed by atoms with Crippen molar-refractivity contribution in [1.82, 2.24) is 0 Å². The number of aryl methyl sites for hydroxylation is 2. The van der Waals surface area contributed by atoms with E-state index in [1.807, 2.05) is 26.0 Å². The molecule has 0 saturated carbocycles. The van der Waals surface area contributed by atoms with Crippen LogP contribution in [0.2, 0.25) is 0 Å². The predicted molar refractivity (Wildman–Crippen MR) is 56.8 cm³/mol. The molecular weight excluding hydrogens is 194 g/mol. The molecule has 0 unspecified atom stereocenters. The summed E-state index contributed by atoms with van der Waals surface area (Å²) in [6.07, 6.45) is -0.507. The molecule has 0 radical (unpaired) electrons. The second kappa shape index (κ2) is 4.59. The molecule has 0 heterocycles. The third-order valence-corrected chi connectivity index (χ3v) is 2.10. The molecule has 0 spiro atoms. The smallest absolute Gasteiger partial charge is 0.312 e. The molecule has 0 bridgehead atoms. The van der Waals surface area contributed by atoms with Crippen molar-refractivity contribution >= 4 is 17.6 Å². The number of amides is 1. The average Bonchev–Trinajstić information content (AvgIpc) is 2.10. The van der Waals surface area contributed by atoms with Gasteiger partial charge in [-0.3, -0.25) is 9.59 Å². The Bertz CT molecular complexity index is 399. The minimum absolute atomic E-state index is 0.507. The average molecular weight is 207 g/mol. The Kier molecular flexibility index (Phi) is 3.44. The van der Waals surface area contributed by atoms with Gasteiger partial charge in [-0.05, 0) is 37.1 Å². The second-order valence-electron chi connectivity index (χ2n) is 3.42. The highest BCUT2D eigenvalue weighted by Crippen LogP contribution is 2.14. The second-order valence-corrected chi connectivity index (χ2v) is 3.42. The summed E-state index contributed by atoms with van der Waals surface area (Å²) in [5.74, 6) is -1.64. The number of carboxylic acid groups (broad SMARTS) is 1. The minimum Gasteiger partial charge on any atom is -0.481 e. The van der Waals surface area contributed by atoms with Gasteiger partial charge in [0.15, 0.2) is 0 Å². The number of hydrogen-bond acceptors (Lipinski definition) is 2. The van der Waals surface area contributed by atoms with E-state index in [0.717, 1.165) is 11.1 Å². The molecule has 0 aliphatic heterocycles. The van der Waals surface area contributed by atoms with Crippen LogP contribution in [-0.2, 0) is 9.59 Å². The number of benzene rings is 1. The van der Waals surface area contributed by atoms with Crippen molar-refractivity contribution in [3.05, 3.63) is 29.3 Å². The summed E-state index contributed by atoms with van der Waals surface area (Å²) in [6, 6.07) is 5.45. The lowest BCUT2D eigenvalue weighted by atomic mass is 10.1. The molecule has 4 heteroatoms. The molecule has 4 nitrogen and oxygen atoms in total. The Hall–Kier alpha value is -1.84. The Balaban J connectivity index is 2.69. The highest BCUT2D eigenvalue weighted by atomic mass is 16.4. The maximum absolute atomic E-state index is 11.1. The van der Waals surface area contributed by atoms with Crippen molar-refractivity contribution in [3.8, 4) is 0 Å². The van der Waals surface area contributed by atoms with E-state index >= 15 is 0 Å². The molecule has 1 aromatic carbocycles. The summed E-state index contributed by atoms with van der Waals surface area (Å²) < 4.78 is 0. The quantitative estimate of drug-likeness (QED) is 0.741. The number of carbonyl (C=O) groups is 2. The van der Waals surface area contributed by atoms with Crippen LogP contribution in [0.1, 0.15) is 17.5 Å². The molecule has 2 N–H and O–H groups in total. The van der Waals surface area contributed by atoms with Crippen LogP contribution in [-0.4, -0.2) is 17.0 Å². The van der Waals surface area contributed by atoms with E-state index < -0.39 is 18.3 Å². The fraction of sp³-hybridized carbons (Fsp3) is 0.273. The standard InChI is InChI=1S/C11H13NO3/c1-7-3-4-9(5-8(7)2)12-10(13)6-11(14)15/h3-5H,6H2,1-2H3,(H,12,13)(H,14,15). The summed E-state index contributed by atoms with van der Waals surface area (Å²) in [5, 5.41) is 10.9. The molecule has 1 aromatic rings. The summed E-state index contributed by atoms with van der Waals surface area (Å²) in [6.45, 7) is 3.90. The van der Waals surface area contributed by atoms with Crippen LogP contribution >= 0.6 is 0 Å². The van der Waals surface area contributed by atoms with E-state index in [2.05, 4.69) is 5.32 Å². The lowest BCUT2D eigenvalue weighted by Crippen LogP contribution is -2.15. The van der Waals surface area contributed by atoms with Gasteiger partial charge >= 0.3 is 5.97 Å². The molecule has 0 aliphatic rings. The van der Waals surface area contributed by atoms with Crippen molar-refractivity contribution in [1.29, 1.82) is 0 Å². The fourth-order valence-corrected chi connectivity index (χ4v) is 1.16. The predicted octanol–water partition coefficient (Wildman–Crippen LogP) is 1.72. The normalized spacial score (nSPS) is 9.73. The van der Waals surface area contributed by atoms with Gasteiger partial charge in [0.05, 0.1) is 0 Å². The first-order valence-electron chi connectivity index (χ1n) is 4.58. The Morgan fingerprint density at radius 2 is 1.93 bits per heavy atom. The molecular formula is C11H13NO3. The Morgan fingerprint density at radius 1 is 1.27 bits per heavy atom. The molecule has 0 saturated heterocycles. The monoisotopic (exact) mass is 207 g/mol. The van der Waals surface area contributed by atoms with Crippen molar-refractivity contribution in [3.63, 3.8) is 0 Å². The van der Waals surface area contributed by atoms with Crippen LogP contribution in [0.5, 0.6) is 0 Å². The Labute approximate surface area is 87.9 Å². The van der Waals surface area contributed by atoms with Gasteiger partial charge in [-0.2, -0.15) is 0 Å². The molecule has 1 amide bonds. The lowest BCUT2D eigenvalue weighted by molar-refractivity contribution is -0.139. The summed E-state index contributed by atoms with van der Waals surface area (Å²) in [7, 11) is 0. The minimum atomic E-state index is -1.13. The summed E-state index contributed by atoms with van der Waals surface area (Å²) in [5.41, 5.74) is 2.82. The first kappa shape index (κ1) is 11.2. The van der Waals surface area contributed by atoms with Crippen LogP contribution in [0.3, 0.4) is 0 Å². The third-order valence-electron chi connectivity index (χ3n) is 2.10. The molecule has 0 aromatic heterocycles. The Morgan fingerprint density at radius 3 is 2.47 bits per heavy atom. The van der Waals surface area contributed by atoms with E-state index in [-0.39, 0.29) is 0 Å². The topological polar surface area (TPSA) is 66.4 Å². The van der Waals surface area contributed by atoms with Crippen molar-refractivity contribution in [2.24, 2.45) is 0 Å². The summed E-state index contributed by atoms with van der Waals surface area (Å²) in [4.78, 5) is 21.4. The van der Waals surface area contributed by atoms with Crippen LogP contribution in [0.4, 0.5) is 5.69 Å². The number of rotatable bonds is 3. The van der Waals surface area contributed by atoms with Gasteiger partial charge in [-0.15, -0.1) is 0 Å². The van der Waals surface area contributed by atoms with Gasteiger partial charge in [0.1, 0.15) is 6.42 Å². The number of hydrogen-bond donors (Lipinski definition) is 2. The SMILES string of the molecule is Cc1ccc(NC(=O)CC(=O)O)cc1C. The van der Waals surface area contributed by atoms with E-state index in [0.29, 0.717) is 5.69 Å². The number of carbonyl (C=O) groups excluding carboxylic acids is 1. The largest absolute Gasteiger partial charge is 0.481 e. The zero-order valence-electron chi connectivity index (χ0n) is 8.70. The molecule has 0 fully saturated rings. The lowest BCUT2D eigenvalue weighted by Gasteiger charge is -2.06. The molecule has 0 aliphatic carbocycles. The van der Waals surface area contributed by atoms with E-state index in [9.17, 15) is 9.59 Å². The maximum Gasteiger partial charge on any atom is 0.312 e. The van der Waals surface area contributed by atoms with E-state index in [4.69, 9.17) is 5.11 Å². The number of carboxylic acids is 1. The van der Waals surface area contributed by atoms with Crippen molar-refractivity contribution < 1.29 is 14.7 Å². The zero-order valence-corrected chi connectivity index (χ0v) is 8.70. The van der Waals surface area contributed by atoms with Crippen LogP contribution in [0, 0.1) is 13.8 Å². The van der Waals surface area contributed by atoms with Gasteiger partial charge in [0, 0.05) is 5.69 Å². The third kappa shape index (κ3) is 3.42. The van der Waals surface area contributed by atoms with Crippen LogP contribution in [0.15, 0.2) is 18.2 Å². The fourth-order valence-electron chi connectivity index (χ4n) is 1.16. The van der Waals surface area contributed by atoms with Gasteiger partial charge in [-0.1, -0.05) is 6.07 Å². The van der Waals surface area contributed by atoms with Gasteiger partial charge < -0.3 is 10.4 Å². The molecule has 0 atom stereocenters. The van der Waals surface area contributed by atoms with Crippen molar-refractivity contribution in [2.75, 3.05) is 5.32 Å². The van der Waals surface area contributed by atoms with Gasteiger partial charge in [0.25, 0.3) is 0 Å². The molecule has 1 rings (SSSR count). The van der Waals surface area contributed by atoms with Crippen molar-refractivity contribution in [2.45, 2.75) is 20.3 Å². The highest BCUT2D eigenvalue weighted by Gasteiger charge is 2.07. The number of aliphatic carboxylic acids is 1. The molecule has 80 valence electrons. The summed E-state index contributed by atoms with van der Waals surface area (Å²) >= 11 is 0. The highest BCUT2D eigenvalue weighted by molar-refractivity contribution is 6.01. The van der Waals surface area contributed by atoms with Gasteiger partial charge in [-0.25, -0.2) is 0 Å².